The number of hydrogen-bond acceptors (Lipinski definition) is 7. The Labute approximate surface area is 152 Å². The van der Waals surface area contributed by atoms with Gasteiger partial charge in [0, 0.05) is 31.2 Å². The van der Waals surface area contributed by atoms with E-state index >= 15 is 0 Å². The molecule has 0 saturated heterocycles. The molecule has 0 amide bonds. The molecule has 0 fully saturated rings. The van der Waals surface area contributed by atoms with Gasteiger partial charge in [-0.15, -0.1) is 0 Å². The minimum Gasteiger partial charge on any atom is -0.466 e. The van der Waals surface area contributed by atoms with Crippen LogP contribution in [-0.2, 0) is 19.1 Å². The highest BCUT2D eigenvalue weighted by atomic mass is 16.6. The summed E-state index contributed by atoms with van der Waals surface area (Å²) in [6.45, 7) is -6.10. The number of dihydropyridines is 1. The number of carbonyl (C=O) groups excluding carboxylic acids is 2. The molecule has 0 atom stereocenters. The van der Waals surface area contributed by atoms with E-state index in [0.717, 1.165) is 20.3 Å². The van der Waals surface area contributed by atoms with E-state index in [1.54, 1.807) is 0 Å². The third kappa shape index (κ3) is 3.23. The molecule has 8 nitrogen and oxygen atoms in total. The molecule has 8 heteroatoms. The lowest BCUT2D eigenvalue weighted by Crippen LogP contribution is -2.32. The second-order valence-electron chi connectivity index (χ2n) is 4.93. The van der Waals surface area contributed by atoms with Gasteiger partial charge in [-0.2, -0.15) is 0 Å². The van der Waals surface area contributed by atoms with Gasteiger partial charge in [0.25, 0.3) is 5.69 Å². The van der Waals surface area contributed by atoms with Gasteiger partial charge < -0.3 is 14.8 Å². The molecule has 2 rings (SSSR count). The van der Waals surface area contributed by atoms with E-state index in [0.29, 0.717) is 0 Å². The van der Waals surface area contributed by atoms with Crippen LogP contribution in [0.3, 0.4) is 0 Å². The van der Waals surface area contributed by atoms with E-state index in [9.17, 15) is 19.7 Å². The van der Waals surface area contributed by atoms with Gasteiger partial charge in [-0.25, -0.2) is 9.59 Å². The average Bonchev–Trinajstić information content (AvgIpc) is 2.69. The quantitative estimate of drug-likeness (QED) is 0.502. The van der Waals surface area contributed by atoms with Crippen molar-refractivity contribution in [1.82, 2.24) is 5.32 Å². The number of ether oxygens (including phenoxy) is 2. The summed E-state index contributed by atoms with van der Waals surface area (Å²) in [6, 6.07) is 4.94. The van der Waals surface area contributed by atoms with Crippen LogP contribution in [0.25, 0.3) is 0 Å². The van der Waals surface area contributed by atoms with Crippen LogP contribution in [0.1, 0.15) is 33.4 Å². The van der Waals surface area contributed by atoms with E-state index in [4.69, 9.17) is 8.22 Å². The van der Waals surface area contributed by atoms with Crippen LogP contribution in [0, 0.1) is 10.1 Å². The molecule has 1 aliphatic rings. The molecule has 0 aromatic heterocycles. The highest BCUT2D eigenvalue weighted by molar-refractivity contribution is 6.00. The number of nitrogens with zero attached hydrogens (tertiary/aromatic N) is 1. The van der Waals surface area contributed by atoms with Crippen molar-refractivity contribution in [1.29, 1.82) is 0 Å². The first kappa shape index (κ1) is 11.4. The number of benzene rings is 1. The van der Waals surface area contributed by atoms with Gasteiger partial charge in [-0.1, -0.05) is 18.2 Å². The van der Waals surface area contributed by atoms with Gasteiger partial charge in [-0.05, 0) is 13.7 Å². The smallest absolute Gasteiger partial charge is 0.336 e. The van der Waals surface area contributed by atoms with Crippen LogP contribution in [0.15, 0.2) is 46.8 Å². The third-order valence-corrected chi connectivity index (χ3v) is 3.62. The Bertz CT molecular complexity index is 946. The Morgan fingerprint density at radius 1 is 1.12 bits per heavy atom. The van der Waals surface area contributed by atoms with Gasteiger partial charge in [0.05, 0.1) is 36.2 Å². The Balaban J connectivity index is 3.09. The number of nitro groups is 1. The third-order valence-electron chi connectivity index (χ3n) is 3.62. The van der Waals surface area contributed by atoms with Crippen LogP contribution in [0.4, 0.5) is 5.69 Å². The number of methoxy groups -OCH3 is 2. The highest BCUT2D eigenvalue weighted by Gasteiger charge is 2.40. The van der Waals surface area contributed by atoms with Crippen molar-refractivity contribution in [2.45, 2.75) is 19.6 Å². The maximum Gasteiger partial charge on any atom is 0.336 e. The number of esters is 2. The Morgan fingerprint density at radius 3 is 2.08 bits per heavy atom. The van der Waals surface area contributed by atoms with Gasteiger partial charge in [-0.3, -0.25) is 10.1 Å². The summed E-state index contributed by atoms with van der Waals surface area (Å²) in [5.41, 5.74) is -3.80. The molecule has 1 aliphatic heterocycles. The standard InChI is InChI=1S/C17H18N2O6/c1-9-13(16(20)24-3)15(14(10(2)18-9)17(21)25-4)11-7-5-6-8-12(11)19(22)23/h5-8,15,18H,1-4H3/i1D3,2D3. The number of hydrogen-bond donors (Lipinski definition) is 1. The van der Waals surface area contributed by atoms with E-state index in [1.165, 1.54) is 18.2 Å². The summed E-state index contributed by atoms with van der Waals surface area (Å²) >= 11 is 0. The fourth-order valence-corrected chi connectivity index (χ4v) is 2.56. The van der Waals surface area contributed by atoms with Gasteiger partial charge in [0.1, 0.15) is 0 Å². The summed E-state index contributed by atoms with van der Waals surface area (Å²) in [5.74, 6) is -4.19. The summed E-state index contributed by atoms with van der Waals surface area (Å²) < 4.78 is 56.0. The molecule has 1 aromatic rings. The van der Waals surface area contributed by atoms with Crippen molar-refractivity contribution in [3.63, 3.8) is 0 Å². The number of nitrogens with one attached hydrogen (secondary N) is 1. The SMILES string of the molecule is [2H]C([2H])([2H])C1=C(C(=O)OC)C(c2ccccc2[N+](=O)[O-])C(C(=O)OC)=C(C([2H])([2H])[2H])N1. The van der Waals surface area contributed by atoms with Crippen LogP contribution in [0.5, 0.6) is 0 Å². The summed E-state index contributed by atoms with van der Waals surface area (Å²) in [7, 11) is 1.90. The zero-order valence-electron chi connectivity index (χ0n) is 19.3. The zero-order valence-corrected chi connectivity index (χ0v) is 13.3. The lowest BCUT2D eigenvalue weighted by molar-refractivity contribution is -0.385. The van der Waals surface area contributed by atoms with Crippen LogP contribution >= 0.6 is 0 Å². The van der Waals surface area contributed by atoms with E-state index in [1.807, 2.05) is 0 Å². The van der Waals surface area contributed by atoms with Crippen molar-refractivity contribution < 1.29 is 32.2 Å². The number of nitro benzene ring substituents is 1. The topological polar surface area (TPSA) is 108 Å². The van der Waals surface area contributed by atoms with Crippen LogP contribution < -0.4 is 5.32 Å². The Morgan fingerprint density at radius 2 is 1.64 bits per heavy atom. The molecule has 0 spiro atoms. The van der Waals surface area contributed by atoms with Gasteiger partial charge in [0.15, 0.2) is 0 Å². The molecule has 25 heavy (non-hydrogen) atoms. The van der Waals surface area contributed by atoms with Gasteiger partial charge in [0.2, 0.25) is 0 Å². The summed E-state index contributed by atoms with van der Waals surface area (Å²) in [4.78, 5) is 36.1. The molecule has 1 N–H and O–H groups in total. The van der Waals surface area contributed by atoms with Crippen molar-refractivity contribution in [2.75, 3.05) is 14.2 Å². The van der Waals surface area contributed by atoms with E-state index in [-0.39, 0.29) is 5.56 Å². The van der Waals surface area contributed by atoms with Crippen LogP contribution in [-0.4, -0.2) is 31.1 Å². The van der Waals surface area contributed by atoms with E-state index < -0.39 is 64.7 Å². The van der Waals surface area contributed by atoms with Crippen molar-refractivity contribution in [2.24, 2.45) is 0 Å². The van der Waals surface area contributed by atoms with E-state index in [2.05, 4.69) is 14.8 Å². The lowest BCUT2D eigenvalue weighted by Gasteiger charge is -2.29. The minimum absolute atomic E-state index is 0.279. The lowest BCUT2D eigenvalue weighted by atomic mass is 9.79. The first-order chi connectivity index (χ1) is 14.3. The second kappa shape index (κ2) is 7.16. The molecule has 1 aromatic carbocycles. The molecule has 132 valence electrons. The van der Waals surface area contributed by atoms with Crippen molar-refractivity contribution >= 4 is 17.6 Å². The number of carbonyl (C=O) groups is 2. The minimum atomic E-state index is -3.05. The second-order valence-corrected chi connectivity index (χ2v) is 4.93. The monoisotopic (exact) mass is 352 g/mol. The van der Waals surface area contributed by atoms with Crippen LogP contribution in [0.2, 0.25) is 0 Å². The normalized spacial score (nSPS) is 19.4. The highest BCUT2D eigenvalue weighted by Crippen LogP contribution is 2.42. The molecular weight excluding hydrogens is 328 g/mol. The van der Waals surface area contributed by atoms with Gasteiger partial charge >= 0.3 is 11.9 Å². The molecular formula is C17H18N2O6. The molecule has 0 aliphatic carbocycles. The number of para-hydroxylation sites is 1. The molecule has 0 radical (unpaired) electrons. The first-order valence-electron chi connectivity index (χ1n) is 9.92. The summed E-state index contributed by atoms with van der Waals surface area (Å²) in [6.07, 6.45) is 0. The predicted molar refractivity (Wildman–Crippen MR) is 88.4 cm³/mol. The molecule has 0 bridgehead atoms. The first-order valence-corrected chi connectivity index (χ1v) is 6.92. The van der Waals surface area contributed by atoms with Crippen molar-refractivity contribution in [3.05, 3.63) is 62.5 Å². The number of allylic oxidation sites excluding steroid dienone is 2. The zero-order chi connectivity index (χ0) is 23.7. The molecule has 0 saturated carbocycles. The maximum atomic E-state index is 12.6. The molecule has 0 unspecified atom stereocenters. The average molecular weight is 352 g/mol. The fourth-order valence-electron chi connectivity index (χ4n) is 2.56. The maximum absolute atomic E-state index is 12.6. The largest absolute Gasteiger partial charge is 0.466 e. The predicted octanol–water partition coefficient (Wildman–Crippen LogP) is 2.18. The Hall–Kier alpha value is -3.16. The number of rotatable bonds is 4. The van der Waals surface area contributed by atoms with Crippen molar-refractivity contribution in [3.8, 4) is 0 Å². The summed E-state index contributed by atoms with van der Waals surface area (Å²) in [5, 5.41) is 13.8. The Kier molecular flexibility index (Phi) is 3.27. The fraction of sp³-hybridized carbons (Fsp3) is 0.294. The molecule has 1 heterocycles.